The second-order valence-corrected chi connectivity index (χ2v) is 7.16. The van der Waals surface area contributed by atoms with E-state index in [1.165, 1.54) is 17.5 Å². The Morgan fingerprint density at radius 3 is 2.67 bits per heavy atom. The van der Waals surface area contributed by atoms with Crippen LogP contribution in [0.15, 0.2) is 55.0 Å². The quantitative estimate of drug-likeness (QED) is 0.457. The average Bonchev–Trinajstić information content (AvgIpc) is 3.07. The highest BCUT2D eigenvalue weighted by Crippen LogP contribution is 2.30. The maximum Gasteiger partial charge on any atom is 0.233 e. The SMILES string of the molecule is Cc1cc(Oc2ncnc3c2cnn3-c2cccc(Cl)c2)ccc1C(C)C. The monoisotopic (exact) mass is 378 g/mol. The fourth-order valence-electron chi connectivity index (χ4n) is 3.17. The summed E-state index contributed by atoms with van der Waals surface area (Å²) in [5, 5.41) is 5.82. The Balaban J connectivity index is 1.73. The van der Waals surface area contributed by atoms with Gasteiger partial charge in [-0.05, 0) is 54.3 Å². The van der Waals surface area contributed by atoms with Crippen molar-refractivity contribution in [2.45, 2.75) is 26.7 Å². The number of fused-ring (bicyclic) bond motifs is 1. The number of benzene rings is 2. The van der Waals surface area contributed by atoms with Crippen molar-refractivity contribution in [3.05, 3.63) is 71.1 Å². The van der Waals surface area contributed by atoms with Crippen LogP contribution in [0.25, 0.3) is 16.7 Å². The molecule has 2 heterocycles. The van der Waals surface area contributed by atoms with Crippen LogP contribution in [0.4, 0.5) is 0 Å². The molecule has 0 saturated carbocycles. The Bertz CT molecular complexity index is 1120. The molecule has 0 amide bonds. The molecule has 0 radical (unpaired) electrons. The van der Waals surface area contributed by atoms with Crippen LogP contribution in [-0.4, -0.2) is 19.7 Å². The maximum absolute atomic E-state index is 6.10. The molecule has 27 heavy (non-hydrogen) atoms. The van der Waals surface area contributed by atoms with Crippen LogP contribution in [-0.2, 0) is 0 Å². The molecule has 2 aromatic heterocycles. The zero-order chi connectivity index (χ0) is 19.0. The van der Waals surface area contributed by atoms with Crippen molar-refractivity contribution < 1.29 is 4.74 Å². The molecule has 0 aliphatic carbocycles. The maximum atomic E-state index is 6.10. The normalized spacial score (nSPS) is 11.3. The lowest BCUT2D eigenvalue weighted by Gasteiger charge is -2.12. The Morgan fingerprint density at radius 1 is 1.07 bits per heavy atom. The first kappa shape index (κ1) is 17.5. The zero-order valence-electron chi connectivity index (χ0n) is 15.3. The molecule has 0 saturated heterocycles. The first-order chi connectivity index (χ1) is 13.0. The van der Waals surface area contributed by atoms with Gasteiger partial charge < -0.3 is 4.74 Å². The summed E-state index contributed by atoms with van der Waals surface area (Å²) >= 11 is 6.10. The van der Waals surface area contributed by atoms with Crippen molar-refractivity contribution in [3.8, 4) is 17.3 Å². The van der Waals surface area contributed by atoms with Crippen molar-refractivity contribution >= 4 is 22.6 Å². The fraction of sp³-hybridized carbons (Fsp3) is 0.190. The minimum Gasteiger partial charge on any atom is -0.438 e. The first-order valence-electron chi connectivity index (χ1n) is 8.76. The van der Waals surface area contributed by atoms with Gasteiger partial charge in [0.1, 0.15) is 17.5 Å². The molecule has 0 spiro atoms. The van der Waals surface area contributed by atoms with Gasteiger partial charge in [-0.25, -0.2) is 14.6 Å². The molecule has 0 bridgehead atoms. The summed E-state index contributed by atoms with van der Waals surface area (Å²) in [5.74, 6) is 1.69. The van der Waals surface area contributed by atoms with E-state index >= 15 is 0 Å². The van der Waals surface area contributed by atoms with Gasteiger partial charge in [-0.3, -0.25) is 0 Å². The molecule has 136 valence electrons. The molecular formula is C21H19ClN4O. The molecule has 4 aromatic rings. The second kappa shape index (κ2) is 7.00. The predicted molar refractivity (Wildman–Crippen MR) is 107 cm³/mol. The van der Waals surface area contributed by atoms with Gasteiger partial charge in [0.05, 0.1) is 11.9 Å². The van der Waals surface area contributed by atoms with Gasteiger partial charge in [0.2, 0.25) is 5.88 Å². The smallest absolute Gasteiger partial charge is 0.233 e. The molecule has 5 nitrogen and oxygen atoms in total. The molecular weight excluding hydrogens is 360 g/mol. The number of ether oxygens (including phenoxy) is 1. The standard InChI is InChI=1S/C21H19ClN4O/c1-13(2)18-8-7-17(9-14(18)3)27-21-19-11-25-26(20(19)23-12-24-21)16-6-4-5-15(22)10-16/h4-13H,1-3H3. The molecule has 0 fully saturated rings. The molecule has 0 atom stereocenters. The highest BCUT2D eigenvalue weighted by molar-refractivity contribution is 6.30. The summed E-state index contributed by atoms with van der Waals surface area (Å²) in [5.41, 5.74) is 4.00. The van der Waals surface area contributed by atoms with Crippen LogP contribution in [0.1, 0.15) is 30.9 Å². The fourth-order valence-corrected chi connectivity index (χ4v) is 3.36. The van der Waals surface area contributed by atoms with Crippen LogP contribution in [0.3, 0.4) is 0 Å². The number of hydrogen-bond acceptors (Lipinski definition) is 4. The summed E-state index contributed by atoms with van der Waals surface area (Å²) in [6.07, 6.45) is 3.19. The highest BCUT2D eigenvalue weighted by atomic mass is 35.5. The average molecular weight is 379 g/mol. The van der Waals surface area contributed by atoms with Crippen LogP contribution < -0.4 is 4.74 Å². The molecule has 6 heteroatoms. The molecule has 0 unspecified atom stereocenters. The Labute approximate surface area is 162 Å². The number of aromatic nitrogens is 4. The van der Waals surface area contributed by atoms with Gasteiger partial charge in [-0.2, -0.15) is 5.10 Å². The Kier molecular flexibility index (Phi) is 4.54. The van der Waals surface area contributed by atoms with Crippen LogP contribution in [0, 0.1) is 6.92 Å². The lowest BCUT2D eigenvalue weighted by Crippen LogP contribution is -1.98. The summed E-state index contributed by atoms with van der Waals surface area (Å²) in [6.45, 7) is 6.46. The molecule has 0 N–H and O–H groups in total. The number of aryl methyl sites for hydroxylation is 1. The van der Waals surface area contributed by atoms with Gasteiger partial charge in [-0.1, -0.05) is 37.6 Å². The van der Waals surface area contributed by atoms with Gasteiger partial charge in [-0.15, -0.1) is 0 Å². The van der Waals surface area contributed by atoms with Crippen molar-refractivity contribution in [1.82, 2.24) is 19.7 Å². The summed E-state index contributed by atoms with van der Waals surface area (Å²) in [4.78, 5) is 8.67. The first-order valence-corrected chi connectivity index (χ1v) is 9.14. The van der Waals surface area contributed by atoms with Crippen molar-refractivity contribution in [1.29, 1.82) is 0 Å². The van der Waals surface area contributed by atoms with E-state index in [1.807, 2.05) is 36.4 Å². The van der Waals surface area contributed by atoms with Crippen molar-refractivity contribution in [3.63, 3.8) is 0 Å². The van der Waals surface area contributed by atoms with Crippen LogP contribution in [0.5, 0.6) is 11.6 Å². The second-order valence-electron chi connectivity index (χ2n) is 6.73. The van der Waals surface area contributed by atoms with E-state index in [-0.39, 0.29) is 0 Å². The largest absolute Gasteiger partial charge is 0.438 e. The summed E-state index contributed by atoms with van der Waals surface area (Å²) in [7, 11) is 0. The molecule has 4 rings (SSSR count). The van der Waals surface area contributed by atoms with E-state index in [9.17, 15) is 0 Å². The van der Waals surface area contributed by atoms with Crippen molar-refractivity contribution in [2.75, 3.05) is 0 Å². The van der Waals surface area contributed by atoms with E-state index in [0.29, 0.717) is 22.5 Å². The van der Waals surface area contributed by atoms with Gasteiger partial charge in [0.15, 0.2) is 5.65 Å². The topological polar surface area (TPSA) is 52.8 Å². The Morgan fingerprint density at radius 2 is 1.93 bits per heavy atom. The van der Waals surface area contributed by atoms with Crippen molar-refractivity contribution in [2.24, 2.45) is 0 Å². The summed E-state index contributed by atoms with van der Waals surface area (Å²) in [6, 6.07) is 13.6. The summed E-state index contributed by atoms with van der Waals surface area (Å²) < 4.78 is 7.77. The minimum absolute atomic E-state index is 0.473. The Hall–Kier alpha value is -2.92. The van der Waals surface area contributed by atoms with Gasteiger partial charge in [0.25, 0.3) is 0 Å². The zero-order valence-corrected chi connectivity index (χ0v) is 16.1. The minimum atomic E-state index is 0.473. The van der Waals surface area contributed by atoms with Crippen LogP contribution >= 0.6 is 11.6 Å². The molecule has 2 aromatic carbocycles. The van der Waals surface area contributed by atoms with E-state index in [2.05, 4.69) is 41.9 Å². The number of rotatable bonds is 4. The lowest BCUT2D eigenvalue weighted by atomic mass is 9.98. The number of hydrogen-bond donors (Lipinski definition) is 0. The van der Waals surface area contributed by atoms with E-state index < -0.39 is 0 Å². The third kappa shape index (κ3) is 3.38. The lowest BCUT2D eigenvalue weighted by molar-refractivity contribution is 0.467. The van der Waals surface area contributed by atoms with E-state index in [0.717, 1.165) is 16.8 Å². The van der Waals surface area contributed by atoms with Crippen LogP contribution in [0.2, 0.25) is 5.02 Å². The molecule has 0 aliphatic rings. The predicted octanol–water partition coefficient (Wildman–Crippen LogP) is 5.69. The van der Waals surface area contributed by atoms with Gasteiger partial charge >= 0.3 is 0 Å². The van der Waals surface area contributed by atoms with E-state index in [4.69, 9.17) is 16.3 Å². The third-order valence-electron chi connectivity index (χ3n) is 4.46. The van der Waals surface area contributed by atoms with E-state index in [1.54, 1.807) is 10.9 Å². The third-order valence-corrected chi connectivity index (χ3v) is 4.69. The number of nitrogens with zero attached hydrogens (tertiary/aromatic N) is 4. The van der Waals surface area contributed by atoms with Gasteiger partial charge in [0, 0.05) is 5.02 Å². The highest BCUT2D eigenvalue weighted by Gasteiger charge is 2.14. The number of halogens is 1. The molecule has 0 aliphatic heterocycles.